The van der Waals surface area contributed by atoms with Gasteiger partial charge in [-0.3, -0.25) is 4.79 Å². The standard InChI is InChI=1S/C12H15N3O/c13-7-11-1-2-12(16)15(9-11)8-10-3-5-14-6-4-10/h1-2,9-10,14H,3-6,8H2. The lowest BCUT2D eigenvalue weighted by atomic mass is 9.98. The zero-order valence-corrected chi connectivity index (χ0v) is 9.15. The first-order chi connectivity index (χ1) is 7.79. The molecule has 1 fully saturated rings. The minimum atomic E-state index is -0.0162. The van der Waals surface area contributed by atoms with E-state index in [4.69, 9.17) is 5.26 Å². The molecule has 0 spiro atoms. The molecule has 2 heterocycles. The van der Waals surface area contributed by atoms with Gasteiger partial charge in [-0.1, -0.05) is 0 Å². The fraction of sp³-hybridized carbons (Fsp3) is 0.500. The number of hydrogen-bond acceptors (Lipinski definition) is 3. The zero-order chi connectivity index (χ0) is 11.4. The third-order valence-electron chi connectivity index (χ3n) is 3.03. The summed E-state index contributed by atoms with van der Waals surface area (Å²) in [6, 6.07) is 5.10. The minimum Gasteiger partial charge on any atom is -0.317 e. The molecule has 0 aliphatic carbocycles. The molecule has 0 unspecified atom stereocenters. The average molecular weight is 217 g/mol. The van der Waals surface area contributed by atoms with Gasteiger partial charge in [0.15, 0.2) is 0 Å². The molecule has 4 nitrogen and oxygen atoms in total. The van der Waals surface area contributed by atoms with Gasteiger partial charge in [0.05, 0.1) is 5.56 Å². The zero-order valence-electron chi connectivity index (χ0n) is 9.15. The summed E-state index contributed by atoms with van der Waals surface area (Å²) >= 11 is 0. The van der Waals surface area contributed by atoms with Crippen LogP contribution >= 0.6 is 0 Å². The maximum Gasteiger partial charge on any atom is 0.250 e. The molecule has 0 amide bonds. The Kier molecular flexibility index (Phi) is 3.37. The van der Waals surface area contributed by atoms with Gasteiger partial charge in [0, 0.05) is 18.8 Å². The monoisotopic (exact) mass is 217 g/mol. The summed E-state index contributed by atoms with van der Waals surface area (Å²) in [5.41, 5.74) is 0.533. The van der Waals surface area contributed by atoms with Crippen molar-refractivity contribution >= 4 is 0 Å². The first-order valence-corrected chi connectivity index (χ1v) is 5.61. The van der Waals surface area contributed by atoms with E-state index < -0.39 is 0 Å². The van der Waals surface area contributed by atoms with Crippen molar-refractivity contribution in [3.8, 4) is 6.07 Å². The molecule has 1 saturated heterocycles. The van der Waals surface area contributed by atoms with Crippen molar-refractivity contribution in [3.63, 3.8) is 0 Å². The van der Waals surface area contributed by atoms with E-state index in [1.54, 1.807) is 16.8 Å². The molecular formula is C12H15N3O. The van der Waals surface area contributed by atoms with Gasteiger partial charge < -0.3 is 9.88 Å². The molecule has 1 aromatic rings. The predicted molar refractivity (Wildman–Crippen MR) is 61.0 cm³/mol. The normalized spacial score (nSPS) is 16.9. The molecule has 0 aromatic carbocycles. The van der Waals surface area contributed by atoms with Gasteiger partial charge in [0.1, 0.15) is 6.07 Å². The first kappa shape index (κ1) is 10.9. The molecule has 84 valence electrons. The van der Waals surface area contributed by atoms with E-state index in [1.807, 2.05) is 0 Å². The first-order valence-electron chi connectivity index (χ1n) is 5.61. The largest absolute Gasteiger partial charge is 0.317 e. The van der Waals surface area contributed by atoms with Crippen LogP contribution in [-0.2, 0) is 6.54 Å². The summed E-state index contributed by atoms with van der Waals surface area (Å²) in [4.78, 5) is 11.6. The fourth-order valence-electron chi connectivity index (χ4n) is 2.08. The van der Waals surface area contributed by atoms with E-state index in [-0.39, 0.29) is 5.56 Å². The molecule has 0 bridgehead atoms. The summed E-state index contributed by atoms with van der Waals surface area (Å²) in [7, 11) is 0. The van der Waals surface area contributed by atoms with Crippen molar-refractivity contribution in [1.29, 1.82) is 5.26 Å². The van der Waals surface area contributed by atoms with Crippen LogP contribution in [0.3, 0.4) is 0 Å². The third kappa shape index (κ3) is 2.50. The average Bonchev–Trinajstić information content (AvgIpc) is 2.33. The van der Waals surface area contributed by atoms with Crippen molar-refractivity contribution in [1.82, 2.24) is 9.88 Å². The molecule has 0 saturated carbocycles. The maximum absolute atomic E-state index is 11.6. The van der Waals surface area contributed by atoms with E-state index in [1.165, 1.54) is 6.07 Å². The molecule has 4 heteroatoms. The van der Waals surface area contributed by atoms with Gasteiger partial charge in [-0.25, -0.2) is 0 Å². The SMILES string of the molecule is N#Cc1ccc(=O)n(CC2CCNCC2)c1. The Balaban J connectivity index is 2.13. The van der Waals surface area contributed by atoms with Gasteiger partial charge >= 0.3 is 0 Å². The molecule has 1 aliphatic rings. The molecule has 1 aliphatic heterocycles. The van der Waals surface area contributed by atoms with E-state index >= 15 is 0 Å². The molecule has 0 radical (unpaired) electrons. The molecule has 0 atom stereocenters. The topological polar surface area (TPSA) is 57.8 Å². The number of aromatic nitrogens is 1. The van der Waals surface area contributed by atoms with Crippen molar-refractivity contribution < 1.29 is 0 Å². The highest BCUT2D eigenvalue weighted by Gasteiger charge is 2.13. The summed E-state index contributed by atoms with van der Waals surface area (Å²) in [6.07, 6.45) is 3.86. The van der Waals surface area contributed by atoms with Gasteiger partial charge in [0.2, 0.25) is 0 Å². The number of rotatable bonds is 2. The van der Waals surface area contributed by atoms with Crippen LogP contribution in [-0.4, -0.2) is 17.7 Å². The number of nitriles is 1. The maximum atomic E-state index is 11.6. The van der Waals surface area contributed by atoms with Crippen LogP contribution in [0.4, 0.5) is 0 Å². The predicted octanol–water partition coefficient (Wildman–Crippen LogP) is 0.720. The van der Waals surface area contributed by atoms with Gasteiger partial charge in [-0.2, -0.15) is 5.26 Å². The molecule has 1 N–H and O–H groups in total. The van der Waals surface area contributed by atoms with Crippen molar-refractivity contribution in [2.75, 3.05) is 13.1 Å². The molecular weight excluding hydrogens is 202 g/mol. The van der Waals surface area contributed by atoms with Crippen molar-refractivity contribution in [2.24, 2.45) is 5.92 Å². The van der Waals surface area contributed by atoms with E-state index in [0.29, 0.717) is 11.5 Å². The van der Waals surface area contributed by atoms with E-state index in [0.717, 1.165) is 32.5 Å². The van der Waals surface area contributed by atoms with Crippen LogP contribution in [0.2, 0.25) is 0 Å². The number of nitrogens with one attached hydrogen (secondary N) is 1. The summed E-state index contributed by atoms with van der Waals surface area (Å²) < 4.78 is 1.66. The van der Waals surface area contributed by atoms with Crippen LogP contribution < -0.4 is 10.9 Å². The Bertz CT molecular complexity index is 452. The van der Waals surface area contributed by atoms with Crippen LogP contribution in [0.25, 0.3) is 0 Å². The van der Waals surface area contributed by atoms with Gasteiger partial charge in [0.25, 0.3) is 5.56 Å². The third-order valence-corrected chi connectivity index (χ3v) is 3.03. The van der Waals surface area contributed by atoms with Crippen molar-refractivity contribution in [2.45, 2.75) is 19.4 Å². The second-order valence-electron chi connectivity index (χ2n) is 4.21. The molecule has 2 rings (SSSR count). The van der Waals surface area contributed by atoms with E-state index in [9.17, 15) is 4.79 Å². The van der Waals surface area contributed by atoms with Crippen LogP contribution in [0.5, 0.6) is 0 Å². The Hall–Kier alpha value is -1.60. The van der Waals surface area contributed by atoms with Crippen LogP contribution in [0.1, 0.15) is 18.4 Å². The van der Waals surface area contributed by atoms with Gasteiger partial charge in [-0.15, -0.1) is 0 Å². The lowest BCUT2D eigenvalue weighted by Crippen LogP contribution is -2.32. The lowest BCUT2D eigenvalue weighted by molar-refractivity contribution is 0.330. The summed E-state index contributed by atoms with van der Waals surface area (Å²) in [6.45, 7) is 2.78. The van der Waals surface area contributed by atoms with Crippen LogP contribution in [0, 0.1) is 17.2 Å². The smallest absolute Gasteiger partial charge is 0.250 e. The molecule has 1 aromatic heterocycles. The number of pyridine rings is 1. The highest BCUT2D eigenvalue weighted by atomic mass is 16.1. The number of nitrogens with zero attached hydrogens (tertiary/aromatic N) is 2. The van der Waals surface area contributed by atoms with E-state index in [2.05, 4.69) is 11.4 Å². The Morgan fingerprint density at radius 1 is 1.44 bits per heavy atom. The number of piperidine rings is 1. The number of hydrogen-bond donors (Lipinski definition) is 1. The van der Waals surface area contributed by atoms with Crippen molar-refractivity contribution in [3.05, 3.63) is 34.2 Å². The second-order valence-corrected chi connectivity index (χ2v) is 4.21. The second kappa shape index (κ2) is 4.95. The lowest BCUT2D eigenvalue weighted by Gasteiger charge is -2.23. The molecule has 16 heavy (non-hydrogen) atoms. The Morgan fingerprint density at radius 3 is 2.88 bits per heavy atom. The Labute approximate surface area is 94.5 Å². The minimum absolute atomic E-state index is 0.0162. The van der Waals surface area contributed by atoms with Gasteiger partial charge in [-0.05, 0) is 37.9 Å². The Morgan fingerprint density at radius 2 is 2.19 bits per heavy atom. The fourth-order valence-corrected chi connectivity index (χ4v) is 2.08. The highest BCUT2D eigenvalue weighted by molar-refractivity contribution is 5.24. The quantitative estimate of drug-likeness (QED) is 0.794. The summed E-state index contributed by atoms with van der Waals surface area (Å²) in [5, 5.41) is 12.1. The highest BCUT2D eigenvalue weighted by Crippen LogP contribution is 2.13. The van der Waals surface area contributed by atoms with Crippen LogP contribution in [0.15, 0.2) is 23.1 Å². The summed E-state index contributed by atoms with van der Waals surface area (Å²) in [5.74, 6) is 0.549.